The van der Waals surface area contributed by atoms with E-state index in [1.165, 1.54) is 0 Å². The maximum Gasteiger partial charge on any atom is 0.258 e. The van der Waals surface area contributed by atoms with Gasteiger partial charge in [0.15, 0.2) is 6.33 Å². The van der Waals surface area contributed by atoms with Crippen molar-refractivity contribution in [3.63, 3.8) is 0 Å². The lowest BCUT2D eigenvalue weighted by molar-refractivity contribution is 0.121. The van der Waals surface area contributed by atoms with E-state index in [0.29, 0.717) is 0 Å². The van der Waals surface area contributed by atoms with Gasteiger partial charge in [0.25, 0.3) is 6.43 Å². The van der Waals surface area contributed by atoms with Gasteiger partial charge in [0, 0.05) is 0 Å². The van der Waals surface area contributed by atoms with Crippen molar-refractivity contribution >= 4 is 0 Å². The lowest BCUT2D eigenvalue weighted by atomic mass is 10.7. The minimum absolute atomic E-state index is 0.462. The maximum atomic E-state index is 11.5. The number of hydrogen-bond acceptors (Lipinski definition) is 2. The molecule has 3 nitrogen and oxygen atoms in total. The molecular formula is C4H3F2N3. The van der Waals surface area contributed by atoms with Crippen LogP contribution >= 0.6 is 0 Å². The smallest absolute Gasteiger partial charge is 0.237 e. The number of halogens is 2. The molecule has 5 heteroatoms. The van der Waals surface area contributed by atoms with Gasteiger partial charge in [-0.1, -0.05) is 0 Å². The van der Waals surface area contributed by atoms with Crippen LogP contribution < -0.4 is 0 Å². The molecule has 1 rings (SSSR count). The lowest BCUT2D eigenvalue weighted by Crippen LogP contribution is -2.06. The van der Waals surface area contributed by atoms with E-state index in [1.54, 1.807) is 0 Å². The summed E-state index contributed by atoms with van der Waals surface area (Å²) in [6, 6.07) is 0. The molecule has 0 saturated carbocycles. The third-order valence-corrected chi connectivity index (χ3v) is 0.692. The first kappa shape index (κ1) is 6.12. The van der Waals surface area contributed by atoms with Crippen LogP contribution in [0.3, 0.4) is 0 Å². The van der Waals surface area contributed by atoms with E-state index in [-0.39, 0.29) is 0 Å². The van der Waals surface area contributed by atoms with Crippen molar-refractivity contribution in [1.82, 2.24) is 14.8 Å². The van der Waals surface area contributed by atoms with E-state index < -0.39 is 13.0 Å². The van der Waals surface area contributed by atoms with Crippen molar-refractivity contribution < 1.29 is 8.78 Å². The van der Waals surface area contributed by atoms with E-state index in [4.69, 9.17) is 0 Å². The zero-order valence-corrected chi connectivity index (χ0v) is 4.38. The molecular weight excluding hydrogens is 128 g/mol. The molecule has 0 bridgehead atoms. The van der Waals surface area contributed by atoms with Crippen LogP contribution in [0.1, 0.15) is 0 Å². The Labute approximate surface area is 50.3 Å². The van der Waals surface area contributed by atoms with Gasteiger partial charge >= 0.3 is 0 Å². The molecule has 0 spiro atoms. The molecule has 0 aliphatic rings. The highest BCUT2D eigenvalue weighted by Gasteiger charge is 2.02. The van der Waals surface area contributed by atoms with Gasteiger partial charge in [0.1, 0.15) is 6.54 Å². The second-order valence-corrected chi connectivity index (χ2v) is 1.38. The topological polar surface area (TPSA) is 30.7 Å². The van der Waals surface area contributed by atoms with Crippen LogP contribution in [0.5, 0.6) is 0 Å². The predicted molar refractivity (Wildman–Crippen MR) is 23.7 cm³/mol. The van der Waals surface area contributed by atoms with E-state index >= 15 is 0 Å². The van der Waals surface area contributed by atoms with Crippen molar-refractivity contribution in [3.8, 4) is 0 Å². The molecule has 0 saturated heterocycles. The number of rotatable bonds is 2. The highest BCUT2D eigenvalue weighted by molar-refractivity contribution is 4.51. The van der Waals surface area contributed by atoms with Gasteiger partial charge in [-0.15, -0.1) is 5.10 Å². The number of aromatic nitrogens is 3. The molecule has 1 aromatic heterocycles. The van der Waals surface area contributed by atoms with Gasteiger partial charge in [-0.05, 0) is 0 Å². The maximum absolute atomic E-state index is 11.5. The fraction of sp³-hybridized carbons (Fsp3) is 0.500. The molecule has 0 aliphatic carbocycles. The SMILES string of the molecule is FC(F)Cn1[c]n[c]n1. The van der Waals surface area contributed by atoms with Gasteiger partial charge < -0.3 is 0 Å². The molecule has 48 valence electrons. The van der Waals surface area contributed by atoms with Crippen molar-refractivity contribution in [1.29, 1.82) is 0 Å². The Morgan fingerprint density at radius 2 is 2.33 bits per heavy atom. The predicted octanol–water partition coefficient (Wildman–Crippen LogP) is 0.144. The summed E-state index contributed by atoms with van der Waals surface area (Å²) < 4.78 is 23.9. The van der Waals surface area contributed by atoms with Gasteiger partial charge in [-0.3, -0.25) is 0 Å². The Kier molecular flexibility index (Phi) is 1.72. The Hall–Kier alpha value is -1.00. The number of alkyl halides is 2. The first-order valence-corrected chi connectivity index (χ1v) is 2.26. The van der Waals surface area contributed by atoms with Crippen molar-refractivity contribution in [2.75, 3.05) is 0 Å². The lowest BCUT2D eigenvalue weighted by Gasteiger charge is -1.94. The summed E-state index contributed by atoms with van der Waals surface area (Å²) in [5, 5.41) is 3.30. The molecule has 0 N–H and O–H groups in total. The fourth-order valence-electron chi connectivity index (χ4n) is 0.391. The van der Waals surface area contributed by atoms with Gasteiger partial charge in [-0.25, -0.2) is 18.4 Å². The summed E-state index contributed by atoms with van der Waals surface area (Å²) in [5.74, 6) is 0. The van der Waals surface area contributed by atoms with Crippen LogP contribution in [0.15, 0.2) is 0 Å². The van der Waals surface area contributed by atoms with Crippen molar-refractivity contribution in [2.45, 2.75) is 13.0 Å². The highest BCUT2D eigenvalue weighted by atomic mass is 19.3. The second kappa shape index (κ2) is 2.52. The second-order valence-electron chi connectivity index (χ2n) is 1.38. The normalized spacial score (nSPS) is 10.6. The van der Waals surface area contributed by atoms with Crippen LogP contribution in [-0.2, 0) is 6.54 Å². The molecule has 1 heterocycles. The van der Waals surface area contributed by atoms with Crippen LogP contribution in [0.4, 0.5) is 8.78 Å². The Morgan fingerprint density at radius 3 is 2.78 bits per heavy atom. The van der Waals surface area contributed by atoms with Gasteiger partial charge in [0.2, 0.25) is 6.33 Å². The molecule has 0 amide bonds. The van der Waals surface area contributed by atoms with E-state index in [0.717, 1.165) is 4.68 Å². The third kappa shape index (κ3) is 1.75. The molecule has 0 atom stereocenters. The first-order chi connectivity index (χ1) is 4.29. The van der Waals surface area contributed by atoms with E-state index in [2.05, 4.69) is 22.7 Å². The van der Waals surface area contributed by atoms with Crippen LogP contribution in [0, 0.1) is 12.7 Å². The Bertz CT molecular complexity index is 160. The molecule has 0 aromatic carbocycles. The molecule has 0 aliphatic heterocycles. The fourth-order valence-corrected chi connectivity index (χ4v) is 0.391. The quantitative estimate of drug-likeness (QED) is 0.571. The summed E-state index contributed by atoms with van der Waals surface area (Å²) in [6.07, 6.45) is 1.89. The Balaban J connectivity index is 2.48. The zero-order valence-electron chi connectivity index (χ0n) is 4.38. The van der Waals surface area contributed by atoms with Crippen LogP contribution in [-0.4, -0.2) is 21.2 Å². The van der Waals surface area contributed by atoms with E-state index in [1.807, 2.05) is 0 Å². The monoisotopic (exact) mass is 131 g/mol. The highest BCUT2D eigenvalue weighted by Crippen LogP contribution is 1.93. The molecule has 0 unspecified atom stereocenters. The zero-order chi connectivity index (χ0) is 6.69. The van der Waals surface area contributed by atoms with Crippen molar-refractivity contribution in [2.24, 2.45) is 0 Å². The number of nitrogens with zero attached hydrogens (tertiary/aromatic N) is 3. The number of hydrogen-bond donors (Lipinski definition) is 0. The molecule has 0 fully saturated rings. The average molecular weight is 131 g/mol. The molecule has 9 heavy (non-hydrogen) atoms. The Morgan fingerprint density at radius 1 is 1.56 bits per heavy atom. The summed E-state index contributed by atoms with van der Waals surface area (Å²) in [7, 11) is 0. The molecule has 2 radical (unpaired) electrons. The van der Waals surface area contributed by atoms with Crippen LogP contribution in [0.2, 0.25) is 0 Å². The molecule has 1 aromatic rings. The standard InChI is InChI=1S/C4H3F2N3/c5-4(6)1-9-3-7-2-8-9/h4H,1H2. The average Bonchev–Trinajstić information content (AvgIpc) is 2.15. The van der Waals surface area contributed by atoms with Gasteiger partial charge in [-0.2, -0.15) is 0 Å². The first-order valence-electron chi connectivity index (χ1n) is 2.26. The summed E-state index contributed by atoms with van der Waals surface area (Å²) in [5.41, 5.74) is 0. The van der Waals surface area contributed by atoms with E-state index in [9.17, 15) is 8.78 Å². The largest absolute Gasteiger partial charge is 0.258 e. The van der Waals surface area contributed by atoms with Gasteiger partial charge in [0.05, 0.1) is 0 Å². The summed E-state index contributed by atoms with van der Waals surface area (Å²) in [6.45, 7) is -0.462. The van der Waals surface area contributed by atoms with Crippen LogP contribution in [0.25, 0.3) is 0 Å². The minimum atomic E-state index is -2.41. The minimum Gasteiger partial charge on any atom is -0.237 e. The summed E-state index contributed by atoms with van der Waals surface area (Å²) in [4.78, 5) is 3.24. The third-order valence-electron chi connectivity index (χ3n) is 0.692. The summed E-state index contributed by atoms with van der Waals surface area (Å²) >= 11 is 0. The van der Waals surface area contributed by atoms with Crippen molar-refractivity contribution in [3.05, 3.63) is 12.7 Å².